The molecule has 4 heteroatoms. The van der Waals surface area contributed by atoms with Crippen molar-refractivity contribution in [3.05, 3.63) is 151 Å². The van der Waals surface area contributed by atoms with Gasteiger partial charge in [-0.3, -0.25) is 0 Å². The lowest BCUT2D eigenvalue weighted by atomic mass is 9.82. The third-order valence-electron chi connectivity index (χ3n) is 11.2. The van der Waals surface area contributed by atoms with Crippen molar-refractivity contribution in [1.82, 2.24) is 14.5 Å². The molecule has 3 nitrogen and oxygen atoms in total. The van der Waals surface area contributed by atoms with E-state index in [0.29, 0.717) is 0 Å². The summed E-state index contributed by atoms with van der Waals surface area (Å²) in [6.45, 7) is 9.60. The van der Waals surface area contributed by atoms with E-state index >= 15 is 0 Å². The van der Waals surface area contributed by atoms with Crippen molar-refractivity contribution in [2.75, 3.05) is 0 Å². The Morgan fingerprint density at radius 3 is 2.04 bits per heavy atom. The molecule has 0 spiro atoms. The molecule has 8 aromatic rings. The van der Waals surface area contributed by atoms with Crippen LogP contribution in [0.25, 0.3) is 72.5 Å². The van der Waals surface area contributed by atoms with Gasteiger partial charge >= 0.3 is 0 Å². The molecule has 6 aromatic carbocycles. The number of fused-ring (bicyclic) bond motifs is 10. The molecule has 1 aliphatic heterocycles. The predicted octanol–water partition coefficient (Wildman–Crippen LogP) is 10.0. The Hall–Kier alpha value is -5.58. The first kappa shape index (κ1) is 28.4. The van der Waals surface area contributed by atoms with Crippen molar-refractivity contribution < 1.29 is 0 Å². The molecular weight excluding hydrogens is 611 g/mol. The highest BCUT2D eigenvalue weighted by atomic mass is 28.3. The van der Waals surface area contributed by atoms with E-state index in [1.807, 2.05) is 0 Å². The second-order valence-corrected chi connectivity index (χ2v) is 18.9. The Labute approximate surface area is 287 Å². The van der Waals surface area contributed by atoms with E-state index in [2.05, 4.69) is 171 Å². The van der Waals surface area contributed by atoms with E-state index < -0.39 is 8.07 Å². The maximum atomic E-state index is 5.54. The van der Waals surface area contributed by atoms with Gasteiger partial charge in [-0.25, -0.2) is 9.97 Å². The van der Waals surface area contributed by atoms with Crippen LogP contribution in [0.4, 0.5) is 0 Å². The summed E-state index contributed by atoms with van der Waals surface area (Å²) in [4.78, 5) is 11.1. The van der Waals surface area contributed by atoms with E-state index in [1.165, 1.54) is 60.0 Å². The zero-order valence-electron chi connectivity index (χ0n) is 28.1. The summed E-state index contributed by atoms with van der Waals surface area (Å²) in [6.07, 6.45) is 0. The van der Waals surface area contributed by atoms with E-state index in [4.69, 9.17) is 9.97 Å². The predicted molar refractivity (Wildman–Crippen MR) is 207 cm³/mol. The highest BCUT2D eigenvalue weighted by molar-refractivity contribution is 7.04. The molecule has 0 saturated heterocycles. The summed E-state index contributed by atoms with van der Waals surface area (Å²) in [5, 5.41) is 5.27. The molecule has 1 aliphatic carbocycles. The number of hydrogen-bond donors (Lipinski definition) is 0. The monoisotopic (exact) mass is 645 g/mol. The maximum absolute atomic E-state index is 5.54. The second-order valence-electron chi connectivity index (χ2n) is 14.6. The number of nitrogens with zero attached hydrogens (tertiary/aromatic N) is 3. The minimum atomic E-state index is -2.06. The van der Waals surface area contributed by atoms with Crippen molar-refractivity contribution in [1.29, 1.82) is 0 Å². The van der Waals surface area contributed by atoms with Gasteiger partial charge in [0.2, 0.25) is 0 Å². The normalized spacial score (nSPS) is 14.9. The first-order chi connectivity index (χ1) is 23.9. The third-order valence-corrected chi connectivity index (χ3v) is 14.7. The SMILES string of the molecule is CC1(C)c2ccccc2-c2c1ccc1c3ccccc3n(-c3ccccc3-c3nc(-c4ccccc4)c4c(n3)-c3ccccc3[Si]4(C)C)c21. The van der Waals surface area contributed by atoms with E-state index in [-0.39, 0.29) is 5.41 Å². The first-order valence-corrected chi connectivity index (χ1v) is 20.2. The zero-order valence-corrected chi connectivity index (χ0v) is 29.1. The van der Waals surface area contributed by atoms with Gasteiger partial charge in [0.1, 0.15) is 8.07 Å². The molecule has 0 N–H and O–H groups in total. The molecule has 0 atom stereocenters. The molecule has 3 heterocycles. The van der Waals surface area contributed by atoms with Crippen molar-refractivity contribution in [3.8, 4) is 50.7 Å². The van der Waals surface area contributed by atoms with Crippen molar-refractivity contribution in [3.63, 3.8) is 0 Å². The van der Waals surface area contributed by atoms with Crippen LogP contribution in [0, 0.1) is 0 Å². The third kappa shape index (κ3) is 3.78. The van der Waals surface area contributed by atoms with Crippen LogP contribution in [0.3, 0.4) is 0 Å². The summed E-state index contributed by atoms with van der Waals surface area (Å²) < 4.78 is 2.49. The molecule has 2 aliphatic rings. The molecular formula is C45H35N3Si. The Kier molecular flexibility index (Phi) is 5.79. The molecule has 0 fully saturated rings. The average Bonchev–Trinajstić information content (AvgIpc) is 3.69. The Morgan fingerprint density at radius 2 is 1.20 bits per heavy atom. The smallest absolute Gasteiger partial charge is 0.162 e. The van der Waals surface area contributed by atoms with Gasteiger partial charge in [0.05, 0.1) is 28.1 Å². The van der Waals surface area contributed by atoms with Crippen LogP contribution < -0.4 is 10.4 Å². The molecule has 234 valence electrons. The van der Waals surface area contributed by atoms with Crippen molar-refractivity contribution >= 4 is 40.3 Å². The summed E-state index contributed by atoms with van der Waals surface area (Å²) in [5.74, 6) is 0.758. The maximum Gasteiger partial charge on any atom is 0.162 e. The lowest BCUT2D eigenvalue weighted by Crippen LogP contribution is -2.50. The fourth-order valence-electron chi connectivity index (χ4n) is 8.89. The number of aromatic nitrogens is 3. The van der Waals surface area contributed by atoms with Gasteiger partial charge < -0.3 is 4.57 Å². The zero-order chi connectivity index (χ0) is 33.1. The highest BCUT2D eigenvalue weighted by Crippen LogP contribution is 2.53. The number of benzene rings is 6. The topological polar surface area (TPSA) is 30.7 Å². The molecule has 0 saturated carbocycles. The van der Waals surface area contributed by atoms with Crippen LogP contribution in [0.15, 0.2) is 140 Å². The molecule has 49 heavy (non-hydrogen) atoms. The van der Waals surface area contributed by atoms with Crippen molar-refractivity contribution in [2.45, 2.75) is 32.4 Å². The van der Waals surface area contributed by atoms with Crippen LogP contribution in [-0.2, 0) is 5.41 Å². The van der Waals surface area contributed by atoms with Gasteiger partial charge in [-0.05, 0) is 50.8 Å². The lowest BCUT2D eigenvalue weighted by molar-refractivity contribution is 0.661. The van der Waals surface area contributed by atoms with Gasteiger partial charge in [-0.2, -0.15) is 0 Å². The fourth-order valence-corrected chi connectivity index (χ4v) is 12.1. The van der Waals surface area contributed by atoms with Crippen molar-refractivity contribution in [2.24, 2.45) is 0 Å². The summed E-state index contributed by atoms with van der Waals surface area (Å²) >= 11 is 0. The lowest BCUT2D eigenvalue weighted by Gasteiger charge is -2.22. The first-order valence-electron chi connectivity index (χ1n) is 17.2. The van der Waals surface area contributed by atoms with Crippen LogP contribution in [-0.4, -0.2) is 22.6 Å². The average molecular weight is 646 g/mol. The van der Waals surface area contributed by atoms with Gasteiger partial charge in [-0.1, -0.05) is 148 Å². The minimum absolute atomic E-state index is 0.0985. The number of para-hydroxylation sites is 2. The van der Waals surface area contributed by atoms with E-state index in [1.54, 1.807) is 0 Å². The molecule has 0 bridgehead atoms. The molecule has 2 aromatic heterocycles. The Balaban J connectivity index is 1.32. The largest absolute Gasteiger partial charge is 0.308 e. The van der Waals surface area contributed by atoms with Crippen LogP contribution in [0.5, 0.6) is 0 Å². The summed E-state index contributed by atoms with van der Waals surface area (Å²) in [6, 6.07) is 50.8. The summed E-state index contributed by atoms with van der Waals surface area (Å²) in [5.41, 5.74) is 14.4. The minimum Gasteiger partial charge on any atom is -0.308 e. The Morgan fingerprint density at radius 1 is 0.551 bits per heavy atom. The second kappa shape index (κ2) is 9.97. The van der Waals surface area contributed by atoms with Crippen LogP contribution in [0.2, 0.25) is 13.1 Å². The van der Waals surface area contributed by atoms with Crippen LogP contribution in [0.1, 0.15) is 25.0 Å². The molecule has 0 unspecified atom stereocenters. The summed E-state index contributed by atoms with van der Waals surface area (Å²) in [7, 11) is -2.06. The van der Waals surface area contributed by atoms with Gasteiger partial charge in [-0.15, -0.1) is 0 Å². The number of rotatable bonds is 3. The quantitative estimate of drug-likeness (QED) is 0.179. The van der Waals surface area contributed by atoms with E-state index in [0.717, 1.165) is 34.0 Å². The molecule has 10 rings (SSSR count). The standard InChI is InChI=1S/C45H35N3Si/c1-45(2)34-22-12-8-19-31(34)39-35(45)27-26-30-29-18-9-13-23-36(29)48(42(30)39)37-24-14-10-20-32(37)44-46-40(28-16-6-5-7-17-28)43-41(47-44)33-21-11-15-25-38(33)49(43,3)4/h5-27H,1-4H3. The van der Waals surface area contributed by atoms with Gasteiger partial charge in [0.25, 0.3) is 0 Å². The van der Waals surface area contributed by atoms with E-state index in [9.17, 15) is 0 Å². The van der Waals surface area contributed by atoms with Gasteiger partial charge in [0.15, 0.2) is 5.82 Å². The molecule has 0 amide bonds. The molecule has 0 radical (unpaired) electrons. The van der Waals surface area contributed by atoms with Crippen LogP contribution >= 0.6 is 0 Å². The fraction of sp³-hybridized carbons (Fsp3) is 0.111. The highest BCUT2D eigenvalue weighted by Gasteiger charge is 2.42. The Bertz CT molecular complexity index is 2660. The van der Waals surface area contributed by atoms with Gasteiger partial charge in [0, 0.05) is 32.9 Å². The number of hydrogen-bond acceptors (Lipinski definition) is 2.